The third-order valence-corrected chi connectivity index (χ3v) is 1.19. The lowest BCUT2D eigenvalue weighted by molar-refractivity contribution is 0.174. The Bertz CT molecular complexity index is 83.1. The fourth-order valence-electron chi connectivity index (χ4n) is 0.504. The molecule has 3 heteroatoms. The molecule has 0 heterocycles. The molecule has 0 aliphatic heterocycles. The Hall–Kier alpha value is -0.0500. The summed E-state index contributed by atoms with van der Waals surface area (Å²) < 4.78 is 4.62. The number of ether oxygens (including phenoxy) is 1. The Morgan fingerprint density at radius 1 is 1.56 bits per heavy atom. The molecule has 0 aliphatic rings. The fourth-order valence-corrected chi connectivity index (χ4v) is 0.666. The molecule has 0 aromatic carbocycles. The predicted octanol–water partition coefficient (Wildman–Crippen LogP) is 2.71. The molecule has 0 rings (SSSR count). The summed E-state index contributed by atoms with van der Waals surface area (Å²) in [4.78, 5) is 9.74. The highest BCUT2D eigenvalue weighted by molar-refractivity contribution is 9.18. The normalized spacial score (nSPS) is 9.11. The van der Waals surface area contributed by atoms with E-state index in [1.165, 1.54) is 0 Å². The molecule has 0 spiro atoms. The average molecular weight is 195 g/mol. The first-order valence-corrected chi connectivity index (χ1v) is 3.89. The lowest BCUT2D eigenvalue weighted by atomic mass is 10.3. The summed E-state index contributed by atoms with van der Waals surface area (Å²) in [5.74, 6) is 0. The summed E-state index contributed by atoms with van der Waals surface area (Å²) in [5.41, 5.74) is 0. The molecule has 0 bridgehead atoms. The molecule has 0 unspecified atom stereocenters. The molecule has 0 atom stereocenters. The zero-order chi connectivity index (χ0) is 7.11. The number of halogens is 1. The van der Waals surface area contributed by atoms with E-state index in [1.807, 2.05) is 0 Å². The summed E-state index contributed by atoms with van der Waals surface area (Å²) in [5, 5.41) is 0. The van der Waals surface area contributed by atoms with Gasteiger partial charge in [-0.2, -0.15) is 0 Å². The SMILES string of the molecule is CCCCCOC(=O)Br. The van der Waals surface area contributed by atoms with Gasteiger partial charge in [-0.05, 0) is 6.42 Å². The van der Waals surface area contributed by atoms with Gasteiger partial charge in [-0.25, -0.2) is 4.79 Å². The fraction of sp³-hybridized carbons (Fsp3) is 0.833. The maximum atomic E-state index is 10.1. The van der Waals surface area contributed by atoms with Crippen molar-refractivity contribution in [3.05, 3.63) is 0 Å². The second-order valence-corrected chi connectivity index (χ2v) is 2.44. The van der Waals surface area contributed by atoms with Crippen molar-refractivity contribution in [3.8, 4) is 0 Å². The number of hydrogen-bond donors (Lipinski definition) is 0. The molecule has 54 valence electrons. The van der Waals surface area contributed by atoms with Gasteiger partial charge in [0.2, 0.25) is 0 Å². The van der Waals surface area contributed by atoms with E-state index in [0.29, 0.717) is 6.61 Å². The van der Waals surface area contributed by atoms with Crippen molar-refractivity contribution in [1.29, 1.82) is 0 Å². The number of unbranched alkanes of at least 4 members (excludes halogenated alkanes) is 2. The minimum absolute atomic E-state index is 0.362. The van der Waals surface area contributed by atoms with E-state index < -0.39 is 0 Å². The molecule has 0 amide bonds. The van der Waals surface area contributed by atoms with E-state index in [-0.39, 0.29) is 4.88 Å². The third-order valence-electron chi connectivity index (χ3n) is 0.963. The van der Waals surface area contributed by atoms with Gasteiger partial charge in [0.05, 0.1) is 6.61 Å². The van der Waals surface area contributed by atoms with Crippen LogP contribution in [-0.4, -0.2) is 11.5 Å². The molecular formula is C6H11BrO2. The Kier molecular flexibility index (Phi) is 6.04. The van der Waals surface area contributed by atoms with E-state index in [1.54, 1.807) is 0 Å². The molecule has 0 saturated heterocycles. The van der Waals surface area contributed by atoms with Crippen LogP contribution < -0.4 is 0 Å². The van der Waals surface area contributed by atoms with E-state index in [9.17, 15) is 4.79 Å². The Morgan fingerprint density at radius 2 is 2.22 bits per heavy atom. The van der Waals surface area contributed by atoms with Crippen molar-refractivity contribution in [1.82, 2.24) is 0 Å². The predicted molar refractivity (Wildman–Crippen MR) is 39.8 cm³/mol. The topological polar surface area (TPSA) is 26.3 Å². The molecule has 9 heavy (non-hydrogen) atoms. The van der Waals surface area contributed by atoms with E-state index in [0.717, 1.165) is 19.3 Å². The van der Waals surface area contributed by atoms with Crippen LogP contribution in [0, 0.1) is 0 Å². The van der Waals surface area contributed by atoms with Gasteiger partial charge in [0, 0.05) is 15.9 Å². The highest BCUT2D eigenvalue weighted by Crippen LogP contribution is 1.96. The summed E-state index contributed by atoms with van der Waals surface area (Å²) in [7, 11) is 0. The first-order valence-electron chi connectivity index (χ1n) is 3.09. The second kappa shape index (κ2) is 6.08. The van der Waals surface area contributed by atoms with Gasteiger partial charge in [-0.3, -0.25) is 0 Å². The first kappa shape index (κ1) is 8.95. The largest absolute Gasteiger partial charge is 0.457 e. The maximum absolute atomic E-state index is 10.1. The summed E-state index contributed by atoms with van der Waals surface area (Å²) in [6.07, 6.45) is 3.24. The molecule has 0 N–H and O–H groups in total. The van der Waals surface area contributed by atoms with Crippen LogP contribution in [0.15, 0.2) is 0 Å². The molecular weight excluding hydrogens is 184 g/mol. The minimum atomic E-state index is -0.362. The van der Waals surface area contributed by atoms with Gasteiger partial charge in [-0.1, -0.05) is 19.8 Å². The zero-order valence-corrected chi connectivity index (χ0v) is 7.11. The van der Waals surface area contributed by atoms with Gasteiger partial charge in [0.15, 0.2) is 0 Å². The van der Waals surface area contributed by atoms with Crippen LogP contribution >= 0.6 is 15.9 Å². The number of carbonyl (C=O) groups is 1. The Morgan fingerprint density at radius 3 is 2.67 bits per heavy atom. The third kappa shape index (κ3) is 7.95. The summed E-state index contributed by atoms with van der Waals surface area (Å²) in [6, 6.07) is 0. The number of rotatable bonds is 4. The number of carbonyl (C=O) groups excluding carboxylic acids is 1. The van der Waals surface area contributed by atoms with Crippen LogP contribution in [0.4, 0.5) is 4.79 Å². The van der Waals surface area contributed by atoms with Crippen molar-refractivity contribution in [2.45, 2.75) is 26.2 Å². The molecule has 0 aromatic rings. The molecule has 0 fully saturated rings. The summed E-state index contributed by atoms with van der Waals surface area (Å²) >= 11 is 2.67. The molecule has 0 radical (unpaired) electrons. The van der Waals surface area contributed by atoms with Gasteiger partial charge >= 0.3 is 4.88 Å². The first-order chi connectivity index (χ1) is 4.27. The van der Waals surface area contributed by atoms with Gasteiger partial charge in [0.1, 0.15) is 0 Å². The van der Waals surface area contributed by atoms with Crippen molar-refractivity contribution in [2.75, 3.05) is 6.61 Å². The van der Waals surface area contributed by atoms with E-state index in [2.05, 4.69) is 27.6 Å². The average Bonchev–Trinajstić information content (AvgIpc) is 1.80. The lowest BCUT2D eigenvalue weighted by Gasteiger charge is -1.97. The summed E-state index contributed by atoms with van der Waals surface area (Å²) in [6.45, 7) is 2.65. The van der Waals surface area contributed by atoms with Crippen LogP contribution in [0.3, 0.4) is 0 Å². The molecule has 0 aromatic heterocycles. The van der Waals surface area contributed by atoms with E-state index in [4.69, 9.17) is 0 Å². The molecule has 0 saturated carbocycles. The highest BCUT2D eigenvalue weighted by Gasteiger charge is 1.91. The van der Waals surface area contributed by atoms with Crippen molar-refractivity contribution >= 4 is 20.8 Å². The standard InChI is InChI=1S/C6H11BrO2/c1-2-3-4-5-9-6(7)8/h2-5H2,1H3. The Balaban J connectivity index is 2.83. The van der Waals surface area contributed by atoms with Crippen molar-refractivity contribution in [3.63, 3.8) is 0 Å². The van der Waals surface area contributed by atoms with Gasteiger partial charge in [-0.15, -0.1) is 0 Å². The minimum Gasteiger partial charge on any atom is -0.457 e. The van der Waals surface area contributed by atoms with Crippen LogP contribution in [0.25, 0.3) is 0 Å². The lowest BCUT2D eigenvalue weighted by Crippen LogP contribution is -1.94. The van der Waals surface area contributed by atoms with Crippen molar-refractivity contribution in [2.24, 2.45) is 0 Å². The van der Waals surface area contributed by atoms with Gasteiger partial charge < -0.3 is 4.74 Å². The van der Waals surface area contributed by atoms with Gasteiger partial charge in [0.25, 0.3) is 0 Å². The quantitative estimate of drug-likeness (QED) is 0.509. The highest BCUT2D eigenvalue weighted by atomic mass is 79.9. The monoisotopic (exact) mass is 194 g/mol. The maximum Gasteiger partial charge on any atom is 0.374 e. The van der Waals surface area contributed by atoms with Crippen LogP contribution in [0.1, 0.15) is 26.2 Å². The smallest absolute Gasteiger partial charge is 0.374 e. The number of hydrogen-bond acceptors (Lipinski definition) is 2. The molecule has 0 aliphatic carbocycles. The zero-order valence-electron chi connectivity index (χ0n) is 5.52. The molecule has 2 nitrogen and oxygen atoms in total. The Labute approximate surface area is 63.7 Å². The van der Waals surface area contributed by atoms with E-state index >= 15 is 0 Å². The van der Waals surface area contributed by atoms with Crippen molar-refractivity contribution < 1.29 is 9.53 Å². The van der Waals surface area contributed by atoms with Crippen LogP contribution in [0.2, 0.25) is 0 Å². The second-order valence-electron chi connectivity index (χ2n) is 1.79. The van der Waals surface area contributed by atoms with Crippen LogP contribution in [0.5, 0.6) is 0 Å². The van der Waals surface area contributed by atoms with Crippen LogP contribution in [-0.2, 0) is 4.74 Å².